The highest BCUT2D eigenvalue weighted by Gasteiger charge is 2.20. The fourth-order valence-electron chi connectivity index (χ4n) is 1.70. The summed E-state index contributed by atoms with van der Waals surface area (Å²) in [6.45, 7) is 0.798. The number of halogens is 2. The molecule has 2 aromatic rings. The molecule has 1 fully saturated rings. The van der Waals surface area contributed by atoms with Crippen LogP contribution in [0.2, 0.25) is 10.0 Å². The molecule has 1 aliphatic carbocycles. The number of aromatic nitrogens is 3. The summed E-state index contributed by atoms with van der Waals surface area (Å²) in [7, 11) is 0. The van der Waals surface area contributed by atoms with E-state index in [4.69, 9.17) is 23.2 Å². The lowest BCUT2D eigenvalue weighted by molar-refractivity contribution is 0.683. The molecule has 2 aromatic heterocycles. The molecule has 0 saturated heterocycles. The van der Waals surface area contributed by atoms with Gasteiger partial charge in [0.1, 0.15) is 5.69 Å². The summed E-state index contributed by atoms with van der Waals surface area (Å²) in [5.41, 5.74) is 1.61. The predicted octanol–water partition coefficient (Wildman–Crippen LogP) is 3.10. The molecule has 6 heteroatoms. The molecule has 4 nitrogen and oxygen atoms in total. The summed E-state index contributed by atoms with van der Waals surface area (Å²) < 4.78 is 0. The fraction of sp³-hybridized carbons (Fsp3) is 0.308. The van der Waals surface area contributed by atoms with Crippen molar-refractivity contribution in [3.05, 3.63) is 40.3 Å². The Hall–Kier alpha value is -1.23. The molecule has 0 unspecified atom stereocenters. The van der Waals surface area contributed by atoms with Crippen LogP contribution in [0.3, 0.4) is 0 Å². The van der Waals surface area contributed by atoms with Crippen molar-refractivity contribution in [2.75, 3.05) is 0 Å². The molecule has 0 radical (unpaired) electrons. The van der Waals surface area contributed by atoms with Gasteiger partial charge in [0.25, 0.3) is 0 Å². The summed E-state index contributed by atoms with van der Waals surface area (Å²) in [5.74, 6) is 0.511. The lowest BCUT2D eigenvalue weighted by atomic mass is 10.3. The Balaban J connectivity index is 1.76. The van der Waals surface area contributed by atoms with Gasteiger partial charge < -0.3 is 5.32 Å². The molecule has 0 bridgehead atoms. The largest absolute Gasteiger partial charge is 0.310 e. The van der Waals surface area contributed by atoms with Gasteiger partial charge in [-0.15, -0.1) is 0 Å². The third-order valence-electron chi connectivity index (χ3n) is 2.90. The Labute approximate surface area is 121 Å². The highest BCUT2D eigenvalue weighted by molar-refractivity contribution is 6.35. The minimum Gasteiger partial charge on any atom is -0.310 e. The quantitative estimate of drug-likeness (QED) is 0.941. The van der Waals surface area contributed by atoms with Crippen LogP contribution in [0.5, 0.6) is 0 Å². The van der Waals surface area contributed by atoms with Crippen LogP contribution >= 0.6 is 23.2 Å². The minimum absolute atomic E-state index is 0.455. The van der Waals surface area contributed by atoms with E-state index in [-0.39, 0.29) is 0 Å². The number of rotatable bonds is 4. The monoisotopic (exact) mass is 294 g/mol. The maximum absolute atomic E-state index is 6.08. The van der Waals surface area contributed by atoms with Crippen LogP contribution in [-0.4, -0.2) is 21.0 Å². The molecule has 98 valence electrons. The zero-order valence-corrected chi connectivity index (χ0v) is 11.6. The van der Waals surface area contributed by atoms with Gasteiger partial charge >= 0.3 is 0 Å². The van der Waals surface area contributed by atoms with Crippen molar-refractivity contribution in [3.8, 4) is 11.5 Å². The van der Waals surface area contributed by atoms with Gasteiger partial charge in [-0.05, 0) is 18.9 Å². The summed E-state index contributed by atoms with van der Waals surface area (Å²) in [6, 6.07) is 2.31. The first-order valence-corrected chi connectivity index (χ1v) is 6.83. The number of pyridine rings is 1. The Morgan fingerprint density at radius 2 is 1.84 bits per heavy atom. The van der Waals surface area contributed by atoms with E-state index >= 15 is 0 Å². The lowest BCUT2D eigenvalue weighted by Crippen LogP contribution is -2.15. The van der Waals surface area contributed by atoms with Gasteiger partial charge in [-0.2, -0.15) is 0 Å². The second-order valence-corrected chi connectivity index (χ2v) is 5.40. The minimum atomic E-state index is 0.455. The standard InChI is InChI=1S/C13H12Cl2N4/c14-9-3-11(15)12(17-7-9)13-18-5-8(6-19-13)4-16-10-1-2-10/h3,5-7,10,16H,1-2,4H2. The van der Waals surface area contributed by atoms with Crippen LogP contribution in [0.15, 0.2) is 24.7 Å². The first-order valence-electron chi connectivity index (χ1n) is 6.08. The van der Waals surface area contributed by atoms with E-state index in [0.717, 1.165) is 12.1 Å². The molecule has 0 amide bonds. The van der Waals surface area contributed by atoms with E-state index in [9.17, 15) is 0 Å². The van der Waals surface area contributed by atoms with Crippen molar-refractivity contribution in [3.63, 3.8) is 0 Å². The molecule has 1 N–H and O–H groups in total. The average Bonchev–Trinajstić information content (AvgIpc) is 3.21. The second kappa shape index (κ2) is 5.41. The van der Waals surface area contributed by atoms with Crippen molar-refractivity contribution in [1.29, 1.82) is 0 Å². The third kappa shape index (κ3) is 3.21. The highest BCUT2D eigenvalue weighted by Crippen LogP contribution is 2.25. The molecule has 1 saturated carbocycles. The van der Waals surface area contributed by atoms with Crippen molar-refractivity contribution >= 4 is 23.2 Å². The smallest absolute Gasteiger partial charge is 0.179 e. The van der Waals surface area contributed by atoms with Crippen LogP contribution < -0.4 is 5.32 Å². The van der Waals surface area contributed by atoms with Gasteiger partial charge in [0.2, 0.25) is 0 Å². The van der Waals surface area contributed by atoms with Crippen LogP contribution in [0.25, 0.3) is 11.5 Å². The SMILES string of the molecule is Clc1cnc(-c2ncc(CNC3CC3)cn2)c(Cl)c1. The topological polar surface area (TPSA) is 50.7 Å². The first-order chi connectivity index (χ1) is 9.22. The summed E-state index contributed by atoms with van der Waals surface area (Å²) in [4.78, 5) is 12.8. The van der Waals surface area contributed by atoms with Crippen LogP contribution in [-0.2, 0) is 6.54 Å². The summed E-state index contributed by atoms with van der Waals surface area (Å²) in [6.07, 6.45) is 7.66. The van der Waals surface area contributed by atoms with Crippen molar-refractivity contribution in [2.45, 2.75) is 25.4 Å². The molecular weight excluding hydrogens is 283 g/mol. The molecule has 0 atom stereocenters. The molecule has 19 heavy (non-hydrogen) atoms. The van der Waals surface area contributed by atoms with E-state index in [1.54, 1.807) is 18.5 Å². The van der Waals surface area contributed by atoms with E-state index in [1.165, 1.54) is 19.0 Å². The second-order valence-electron chi connectivity index (χ2n) is 4.55. The Kier molecular flexibility index (Phi) is 3.64. The third-order valence-corrected chi connectivity index (χ3v) is 3.39. The van der Waals surface area contributed by atoms with Gasteiger partial charge in [0.15, 0.2) is 5.82 Å². The lowest BCUT2D eigenvalue weighted by Gasteiger charge is -2.05. The van der Waals surface area contributed by atoms with E-state index in [2.05, 4.69) is 20.3 Å². The molecule has 2 heterocycles. The first kappa shape index (κ1) is 12.8. The number of hydrogen-bond acceptors (Lipinski definition) is 4. The maximum atomic E-state index is 6.08. The van der Waals surface area contributed by atoms with Gasteiger partial charge in [0.05, 0.1) is 10.0 Å². The molecular formula is C13H12Cl2N4. The van der Waals surface area contributed by atoms with Crippen LogP contribution in [0.1, 0.15) is 18.4 Å². The van der Waals surface area contributed by atoms with Crippen molar-refractivity contribution < 1.29 is 0 Å². The maximum Gasteiger partial charge on any atom is 0.179 e. The Bertz CT molecular complexity index is 582. The zero-order chi connectivity index (χ0) is 13.2. The molecule has 0 spiro atoms. The van der Waals surface area contributed by atoms with Crippen molar-refractivity contribution in [1.82, 2.24) is 20.3 Å². The van der Waals surface area contributed by atoms with Crippen LogP contribution in [0, 0.1) is 0 Å². The van der Waals surface area contributed by atoms with Gasteiger partial charge in [-0.3, -0.25) is 0 Å². The van der Waals surface area contributed by atoms with Crippen LogP contribution in [0.4, 0.5) is 0 Å². The van der Waals surface area contributed by atoms with Crippen molar-refractivity contribution in [2.24, 2.45) is 0 Å². The molecule has 0 aliphatic heterocycles. The van der Waals surface area contributed by atoms with Gasteiger partial charge in [-0.25, -0.2) is 15.0 Å². The Morgan fingerprint density at radius 1 is 1.11 bits per heavy atom. The highest BCUT2D eigenvalue weighted by atomic mass is 35.5. The van der Waals surface area contributed by atoms with Gasteiger partial charge in [-0.1, -0.05) is 23.2 Å². The summed E-state index contributed by atoms with van der Waals surface area (Å²) >= 11 is 11.9. The number of nitrogens with one attached hydrogen (secondary N) is 1. The van der Waals surface area contributed by atoms with E-state index < -0.39 is 0 Å². The Morgan fingerprint density at radius 3 is 2.47 bits per heavy atom. The normalized spacial score (nSPS) is 14.6. The number of hydrogen-bond donors (Lipinski definition) is 1. The zero-order valence-electron chi connectivity index (χ0n) is 10.1. The average molecular weight is 295 g/mol. The van der Waals surface area contributed by atoms with Gasteiger partial charge in [0, 0.05) is 36.7 Å². The van der Waals surface area contributed by atoms with E-state index in [1.807, 2.05) is 0 Å². The van der Waals surface area contributed by atoms with E-state index in [0.29, 0.717) is 27.6 Å². The predicted molar refractivity (Wildman–Crippen MR) is 75.1 cm³/mol. The molecule has 3 rings (SSSR count). The number of nitrogens with zero attached hydrogens (tertiary/aromatic N) is 3. The molecule has 1 aliphatic rings. The molecule has 0 aromatic carbocycles. The fourth-order valence-corrected chi connectivity index (χ4v) is 2.16. The summed E-state index contributed by atoms with van der Waals surface area (Å²) in [5, 5.41) is 4.37.